The van der Waals surface area contributed by atoms with Crippen molar-refractivity contribution in [3.63, 3.8) is 0 Å². The first-order chi connectivity index (χ1) is 15.6. The summed E-state index contributed by atoms with van der Waals surface area (Å²) in [5, 5.41) is 6.90. The lowest BCUT2D eigenvalue weighted by molar-refractivity contribution is -0.137. The second-order valence-corrected chi connectivity index (χ2v) is 7.48. The van der Waals surface area contributed by atoms with Crippen LogP contribution < -0.4 is 16.0 Å². The molecule has 0 bridgehead atoms. The number of nitrogens with two attached hydrogens (primary N) is 1. The number of halogens is 3. The molecule has 1 atom stereocenters. The van der Waals surface area contributed by atoms with Crippen molar-refractivity contribution in [3.8, 4) is 0 Å². The maximum Gasteiger partial charge on any atom is 0.416 e. The Labute approximate surface area is 187 Å². The molecule has 0 saturated carbocycles. The van der Waals surface area contributed by atoms with Gasteiger partial charge in [-0.25, -0.2) is 0 Å². The molecule has 1 aliphatic heterocycles. The molecule has 0 aliphatic carbocycles. The van der Waals surface area contributed by atoms with Gasteiger partial charge >= 0.3 is 6.18 Å². The number of aromatic nitrogens is 2. The van der Waals surface area contributed by atoms with Crippen molar-refractivity contribution < 1.29 is 27.6 Å². The van der Waals surface area contributed by atoms with E-state index in [0.717, 1.165) is 17.0 Å². The van der Waals surface area contributed by atoms with Crippen molar-refractivity contribution in [1.82, 2.24) is 20.0 Å². The Morgan fingerprint density at radius 3 is 2.73 bits per heavy atom. The minimum Gasteiger partial charge on any atom is -0.384 e. The average molecular weight is 464 g/mol. The topological polar surface area (TPSA) is 114 Å². The van der Waals surface area contributed by atoms with Crippen molar-refractivity contribution >= 4 is 23.8 Å². The summed E-state index contributed by atoms with van der Waals surface area (Å²) in [6, 6.07) is 4.11. The molecule has 0 saturated heterocycles. The van der Waals surface area contributed by atoms with Crippen LogP contribution in [0.4, 0.5) is 18.9 Å². The Hall–Kier alpha value is -3.83. The summed E-state index contributed by atoms with van der Waals surface area (Å²) >= 11 is 0. The Balaban J connectivity index is 1.87. The molecule has 1 aromatic heterocycles. The van der Waals surface area contributed by atoms with E-state index in [1.807, 2.05) is 0 Å². The van der Waals surface area contributed by atoms with Crippen LogP contribution >= 0.6 is 0 Å². The monoisotopic (exact) mass is 464 g/mol. The largest absolute Gasteiger partial charge is 0.416 e. The highest BCUT2D eigenvalue weighted by molar-refractivity contribution is 6.05. The molecule has 176 valence electrons. The molecule has 2 heterocycles. The number of hydrogen-bond acceptors (Lipinski definition) is 6. The molecule has 0 radical (unpaired) electrons. The molecule has 3 rings (SSSR count). The lowest BCUT2D eigenvalue weighted by Gasteiger charge is -2.36. The van der Waals surface area contributed by atoms with Gasteiger partial charge < -0.3 is 16.0 Å². The summed E-state index contributed by atoms with van der Waals surface area (Å²) in [7, 11) is 0. The molecule has 0 spiro atoms. The van der Waals surface area contributed by atoms with Gasteiger partial charge in [-0.15, -0.1) is 0 Å². The number of carbonyl (C=O) groups excluding carboxylic acids is 3. The second kappa shape index (κ2) is 9.35. The third-order valence-electron chi connectivity index (χ3n) is 5.23. The fourth-order valence-electron chi connectivity index (χ4n) is 3.63. The normalized spacial score (nSPS) is 15.3. The zero-order chi connectivity index (χ0) is 24.3. The fraction of sp³-hybridized carbons (Fsp3) is 0.333. The van der Waals surface area contributed by atoms with Crippen molar-refractivity contribution in [2.45, 2.75) is 39.0 Å². The van der Waals surface area contributed by atoms with Gasteiger partial charge in [-0.2, -0.15) is 18.3 Å². The number of nitrogens with one attached hydrogen (secondary N) is 1. The van der Waals surface area contributed by atoms with E-state index >= 15 is 0 Å². The highest BCUT2D eigenvalue weighted by atomic mass is 19.4. The summed E-state index contributed by atoms with van der Waals surface area (Å²) in [5.41, 5.74) is 5.53. The molecule has 2 amide bonds. The number of nitrogens with zero attached hydrogens (tertiary/aromatic N) is 4. The summed E-state index contributed by atoms with van der Waals surface area (Å²) in [6.45, 7) is 3.15. The summed E-state index contributed by atoms with van der Waals surface area (Å²) in [4.78, 5) is 39.2. The van der Waals surface area contributed by atoms with E-state index in [9.17, 15) is 27.6 Å². The van der Waals surface area contributed by atoms with Crippen LogP contribution in [0, 0.1) is 0 Å². The maximum atomic E-state index is 13.1. The lowest BCUT2D eigenvalue weighted by atomic mass is 10.1. The van der Waals surface area contributed by atoms with Crippen LogP contribution in [-0.4, -0.2) is 45.5 Å². The molecular weight excluding hydrogens is 441 g/mol. The number of carbonyl (C=O) groups is 3. The Kier molecular flexibility index (Phi) is 6.75. The van der Waals surface area contributed by atoms with Gasteiger partial charge in [0.25, 0.3) is 5.91 Å². The van der Waals surface area contributed by atoms with Gasteiger partial charge in [0, 0.05) is 6.20 Å². The number of alkyl halides is 3. The number of Topliss-reactive ketones (excluding diaryl/α,β-unsaturated/α-hetero) is 1. The SMILES string of the molecule is CCC(C(C)=O)N1CNC(N)=C(N(C=O)c2cnn(Cc3cccc(C(F)(F)F)c3)c2)C1=O. The highest BCUT2D eigenvalue weighted by Gasteiger charge is 2.36. The number of benzene rings is 1. The van der Waals surface area contributed by atoms with Gasteiger partial charge in [0.05, 0.1) is 36.7 Å². The predicted molar refractivity (Wildman–Crippen MR) is 112 cm³/mol. The van der Waals surface area contributed by atoms with Crippen molar-refractivity contribution in [3.05, 3.63) is 59.3 Å². The second-order valence-electron chi connectivity index (χ2n) is 7.48. The molecule has 1 aromatic carbocycles. The van der Waals surface area contributed by atoms with Crippen LogP contribution in [0.15, 0.2) is 48.2 Å². The number of rotatable bonds is 8. The van der Waals surface area contributed by atoms with E-state index in [1.54, 1.807) is 6.92 Å². The van der Waals surface area contributed by atoms with Crippen LogP contribution in [0.25, 0.3) is 0 Å². The zero-order valence-corrected chi connectivity index (χ0v) is 18.0. The fourth-order valence-corrected chi connectivity index (χ4v) is 3.63. The number of amides is 2. The number of hydrogen-bond donors (Lipinski definition) is 2. The molecular formula is C21H23F3N6O3. The maximum absolute atomic E-state index is 13.1. The van der Waals surface area contributed by atoms with Crippen LogP contribution in [0.3, 0.4) is 0 Å². The van der Waals surface area contributed by atoms with Crippen molar-refractivity contribution in [1.29, 1.82) is 0 Å². The molecule has 3 N–H and O–H groups in total. The first-order valence-electron chi connectivity index (χ1n) is 10.0. The van der Waals surface area contributed by atoms with E-state index < -0.39 is 23.7 Å². The van der Waals surface area contributed by atoms with Crippen molar-refractivity contribution in [2.24, 2.45) is 5.73 Å². The van der Waals surface area contributed by atoms with E-state index in [4.69, 9.17) is 5.73 Å². The Morgan fingerprint density at radius 1 is 1.39 bits per heavy atom. The third kappa shape index (κ3) is 4.99. The van der Waals surface area contributed by atoms with Gasteiger partial charge in [-0.1, -0.05) is 19.1 Å². The molecule has 2 aromatic rings. The highest BCUT2D eigenvalue weighted by Crippen LogP contribution is 2.30. The van der Waals surface area contributed by atoms with Crippen molar-refractivity contribution in [2.75, 3.05) is 11.6 Å². The van der Waals surface area contributed by atoms with Gasteiger partial charge in [0.2, 0.25) is 6.41 Å². The third-order valence-corrected chi connectivity index (χ3v) is 5.23. The van der Waals surface area contributed by atoms with Gasteiger partial charge in [-0.3, -0.25) is 24.0 Å². The minimum atomic E-state index is -4.47. The summed E-state index contributed by atoms with van der Waals surface area (Å²) in [5.74, 6) is -0.863. The standard InChI is InChI=1S/C21H23F3N6O3/c1-3-17(13(2)32)29-11-26-19(25)18(20(29)33)30(12-31)16-8-27-28(10-16)9-14-5-4-6-15(7-14)21(22,23)24/h4-8,10,12,17,26H,3,9,11,25H2,1-2H3. The molecule has 9 nitrogen and oxygen atoms in total. The lowest BCUT2D eigenvalue weighted by Crippen LogP contribution is -2.56. The van der Waals surface area contributed by atoms with Crippen LogP contribution in [0.1, 0.15) is 31.4 Å². The summed E-state index contributed by atoms with van der Waals surface area (Å²) in [6.07, 6.45) is -1.02. The quantitative estimate of drug-likeness (QED) is 0.576. The Morgan fingerprint density at radius 2 is 2.12 bits per heavy atom. The Bertz CT molecular complexity index is 1090. The van der Waals surface area contributed by atoms with E-state index in [2.05, 4.69) is 10.4 Å². The van der Waals surface area contributed by atoms with Gasteiger partial charge in [-0.05, 0) is 31.0 Å². The molecule has 12 heteroatoms. The van der Waals surface area contributed by atoms with E-state index in [0.29, 0.717) is 18.4 Å². The number of anilines is 1. The van der Waals surface area contributed by atoms with E-state index in [1.165, 1.54) is 41.0 Å². The molecule has 0 fully saturated rings. The average Bonchev–Trinajstić information content (AvgIpc) is 3.20. The van der Waals surface area contributed by atoms with Crippen LogP contribution in [0.2, 0.25) is 0 Å². The van der Waals surface area contributed by atoms with E-state index in [-0.39, 0.29) is 36.2 Å². The van der Waals surface area contributed by atoms with Crippen LogP contribution in [0.5, 0.6) is 0 Å². The van der Waals surface area contributed by atoms with Gasteiger partial charge in [0.15, 0.2) is 11.5 Å². The first-order valence-corrected chi connectivity index (χ1v) is 10.0. The van der Waals surface area contributed by atoms with Gasteiger partial charge in [0.1, 0.15) is 5.82 Å². The zero-order valence-electron chi connectivity index (χ0n) is 18.0. The smallest absolute Gasteiger partial charge is 0.384 e. The molecule has 1 aliphatic rings. The summed E-state index contributed by atoms with van der Waals surface area (Å²) < 4.78 is 40.2. The predicted octanol–water partition coefficient (Wildman–Crippen LogP) is 1.80. The minimum absolute atomic E-state index is 0.00567. The molecule has 33 heavy (non-hydrogen) atoms. The van der Waals surface area contributed by atoms with Crippen LogP contribution in [-0.2, 0) is 27.1 Å². The molecule has 1 unspecified atom stereocenters. The number of ketones is 1. The first kappa shape index (κ1) is 23.8.